The quantitative estimate of drug-likeness (QED) is 0.296. The summed E-state index contributed by atoms with van der Waals surface area (Å²) < 4.78 is 0. The Morgan fingerprint density at radius 1 is 0.533 bits per heavy atom. The van der Waals surface area contributed by atoms with Gasteiger partial charge >= 0.3 is 0 Å². The number of hydrogen-bond donors (Lipinski definition) is 0. The second-order valence-electron chi connectivity index (χ2n) is 8.14. The van der Waals surface area contributed by atoms with Crippen LogP contribution in [0.2, 0.25) is 0 Å². The van der Waals surface area contributed by atoms with Crippen molar-refractivity contribution in [2.45, 2.75) is 78.1 Å². The van der Waals surface area contributed by atoms with Gasteiger partial charge in [-0.1, -0.05) is 58.4 Å². The minimum absolute atomic E-state index is 0.955. The van der Waals surface area contributed by atoms with Crippen LogP contribution >= 0.6 is 0 Å². The van der Waals surface area contributed by atoms with Gasteiger partial charge in [-0.3, -0.25) is 15.0 Å². The highest BCUT2D eigenvalue weighted by molar-refractivity contribution is 5.64. The molecule has 0 aliphatic carbocycles. The Balaban J connectivity index is 1.56. The maximum atomic E-state index is 4.65. The van der Waals surface area contributed by atoms with E-state index in [0.717, 1.165) is 35.4 Å². The van der Waals surface area contributed by atoms with Crippen molar-refractivity contribution in [2.75, 3.05) is 0 Å². The summed E-state index contributed by atoms with van der Waals surface area (Å²) in [7, 11) is 0. The van der Waals surface area contributed by atoms with Gasteiger partial charge in [0.15, 0.2) is 0 Å². The van der Waals surface area contributed by atoms with Crippen LogP contribution in [0.4, 0.5) is 0 Å². The predicted octanol–water partition coefficient (Wildman–Crippen LogP) is 7.45. The molecule has 3 heterocycles. The van der Waals surface area contributed by atoms with E-state index in [1.807, 2.05) is 18.6 Å². The summed E-state index contributed by atoms with van der Waals surface area (Å²) in [6.07, 6.45) is 18.3. The first kappa shape index (κ1) is 22.1. The van der Waals surface area contributed by atoms with Gasteiger partial charge in [-0.15, -0.1) is 0 Å². The lowest BCUT2D eigenvalue weighted by molar-refractivity contribution is 0.661. The van der Waals surface area contributed by atoms with Gasteiger partial charge in [-0.05, 0) is 61.6 Å². The van der Waals surface area contributed by atoms with E-state index in [-0.39, 0.29) is 0 Å². The van der Waals surface area contributed by atoms with E-state index in [9.17, 15) is 0 Å². The largest absolute Gasteiger partial charge is 0.261 e. The average molecular weight is 402 g/mol. The Morgan fingerprint density at radius 2 is 1.13 bits per heavy atom. The summed E-state index contributed by atoms with van der Waals surface area (Å²) in [5, 5.41) is 0. The third kappa shape index (κ3) is 6.76. The molecule has 3 heteroatoms. The highest BCUT2D eigenvalue weighted by Crippen LogP contribution is 2.22. The average Bonchev–Trinajstić information content (AvgIpc) is 2.81. The molecule has 0 radical (unpaired) electrons. The molecule has 0 saturated heterocycles. The van der Waals surface area contributed by atoms with Crippen molar-refractivity contribution < 1.29 is 0 Å². The molecular formula is C27H35N3. The second kappa shape index (κ2) is 12.2. The van der Waals surface area contributed by atoms with Gasteiger partial charge < -0.3 is 0 Å². The van der Waals surface area contributed by atoms with Crippen LogP contribution in [0.3, 0.4) is 0 Å². The van der Waals surface area contributed by atoms with Crippen LogP contribution in [0.15, 0.2) is 55.0 Å². The van der Waals surface area contributed by atoms with Crippen LogP contribution in [0.5, 0.6) is 0 Å². The van der Waals surface area contributed by atoms with E-state index < -0.39 is 0 Å². The van der Waals surface area contributed by atoms with Gasteiger partial charge in [0.1, 0.15) is 0 Å². The molecule has 0 atom stereocenters. The Bertz CT molecular complexity index is 778. The number of unbranched alkanes of at least 4 members (excludes halogenated alkanes) is 6. The normalized spacial score (nSPS) is 11.0. The summed E-state index contributed by atoms with van der Waals surface area (Å²) in [6, 6.07) is 12.7. The predicted molar refractivity (Wildman–Crippen MR) is 126 cm³/mol. The molecule has 0 unspecified atom stereocenters. The molecule has 0 bridgehead atoms. The monoisotopic (exact) mass is 401 g/mol. The molecular weight excluding hydrogens is 366 g/mol. The molecule has 0 fully saturated rings. The zero-order chi connectivity index (χ0) is 21.0. The van der Waals surface area contributed by atoms with Gasteiger partial charge in [0.25, 0.3) is 0 Å². The lowest BCUT2D eigenvalue weighted by atomic mass is 10.1. The molecule has 0 aliphatic heterocycles. The van der Waals surface area contributed by atoms with Crippen LogP contribution in [-0.4, -0.2) is 15.0 Å². The molecule has 3 aromatic heterocycles. The Hall–Kier alpha value is -2.55. The maximum Gasteiger partial charge on any atom is 0.0717 e. The van der Waals surface area contributed by atoms with Crippen molar-refractivity contribution >= 4 is 0 Å². The van der Waals surface area contributed by atoms with Gasteiger partial charge in [0.2, 0.25) is 0 Å². The van der Waals surface area contributed by atoms with Gasteiger partial charge in [0, 0.05) is 35.4 Å². The fourth-order valence-corrected chi connectivity index (χ4v) is 3.67. The zero-order valence-corrected chi connectivity index (χ0v) is 18.6. The van der Waals surface area contributed by atoms with Crippen LogP contribution < -0.4 is 0 Å². The molecule has 0 spiro atoms. The van der Waals surface area contributed by atoms with E-state index in [4.69, 9.17) is 0 Å². The van der Waals surface area contributed by atoms with Gasteiger partial charge in [-0.2, -0.15) is 0 Å². The van der Waals surface area contributed by atoms with Gasteiger partial charge in [0.05, 0.1) is 11.4 Å². The summed E-state index contributed by atoms with van der Waals surface area (Å²) in [5.74, 6) is 0. The first-order valence-corrected chi connectivity index (χ1v) is 11.7. The molecule has 0 saturated carbocycles. The molecule has 30 heavy (non-hydrogen) atoms. The first-order chi connectivity index (χ1) is 14.8. The van der Waals surface area contributed by atoms with E-state index in [0.29, 0.717) is 0 Å². The highest BCUT2D eigenvalue weighted by Gasteiger charge is 2.05. The Morgan fingerprint density at radius 3 is 1.67 bits per heavy atom. The topological polar surface area (TPSA) is 38.7 Å². The summed E-state index contributed by atoms with van der Waals surface area (Å²) in [4.78, 5) is 13.9. The number of aromatic nitrogens is 3. The van der Waals surface area contributed by atoms with E-state index in [2.05, 4.69) is 65.2 Å². The number of aryl methyl sites for hydroxylation is 2. The van der Waals surface area contributed by atoms with Crippen LogP contribution in [-0.2, 0) is 12.8 Å². The van der Waals surface area contributed by atoms with Crippen molar-refractivity contribution in [1.82, 2.24) is 15.0 Å². The van der Waals surface area contributed by atoms with Crippen molar-refractivity contribution in [2.24, 2.45) is 0 Å². The smallest absolute Gasteiger partial charge is 0.0717 e. The summed E-state index contributed by atoms with van der Waals surface area (Å²) in [6.45, 7) is 4.49. The Labute approximate surface area is 182 Å². The van der Waals surface area contributed by atoms with Crippen LogP contribution in [0.25, 0.3) is 22.5 Å². The van der Waals surface area contributed by atoms with Crippen molar-refractivity contribution in [3.05, 3.63) is 66.2 Å². The molecule has 158 valence electrons. The van der Waals surface area contributed by atoms with Crippen LogP contribution in [0, 0.1) is 0 Å². The highest BCUT2D eigenvalue weighted by atomic mass is 14.7. The van der Waals surface area contributed by atoms with E-state index in [1.54, 1.807) is 0 Å². The Kier molecular flexibility index (Phi) is 9.02. The fraction of sp³-hybridized carbons (Fsp3) is 0.444. The third-order valence-corrected chi connectivity index (χ3v) is 5.61. The second-order valence-corrected chi connectivity index (χ2v) is 8.14. The number of pyridine rings is 3. The van der Waals surface area contributed by atoms with Crippen molar-refractivity contribution in [3.8, 4) is 22.5 Å². The summed E-state index contributed by atoms with van der Waals surface area (Å²) >= 11 is 0. The lowest BCUT2D eigenvalue weighted by Gasteiger charge is -2.06. The molecule has 0 amide bonds. The maximum absolute atomic E-state index is 4.65. The van der Waals surface area contributed by atoms with Crippen LogP contribution in [0.1, 0.15) is 76.5 Å². The fourth-order valence-electron chi connectivity index (χ4n) is 3.67. The third-order valence-electron chi connectivity index (χ3n) is 5.61. The molecule has 0 N–H and O–H groups in total. The molecule has 3 rings (SSSR count). The molecule has 0 aliphatic rings. The van der Waals surface area contributed by atoms with Crippen molar-refractivity contribution in [3.63, 3.8) is 0 Å². The minimum atomic E-state index is 0.955. The minimum Gasteiger partial charge on any atom is -0.261 e. The molecule has 0 aromatic carbocycles. The number of hydrogen-bond acceptors (Lipinski definition) is 3. The SMILES string of the molecule is CCCCCCc1ccc(-c2ccc(-c3ccc(CCCCCC)nc3)nc2)nc1. The van der Waals surface area contributed by atoms with Gasteiger partial charge in [-0.25, -0.2) is 0 Å². The van der Waals surface area contributed by atoms with E-state index >= 15 is 0 Å². The standard InChI is InChI=1S/C27H35N3/c1-3-5-7-9-11-22-13-17-26(29-19-22)24-15-18-27(30-21-24)23-14-16-25(28-20-23)12-10-8-6-4-2/h13-21H,3-12H2,1-2H3. The lowest BCUT2D eigenvalue weighted by Crippen LogP contribution is -1.93. The zero-order valence-electron chi connectivity index (χ0n) is 18.6. The number of rotatable bonds is 12. The summed E-state index contributed by atoms with van der Waals surface area (Å²) in [5.41, 5.74) is 6.54. The first-order valence-electron chi connectivity index (χ1n) is 11.7. The number of nitrogens with zero attached hydrogens (tertiary/aromatic N) is 3. The molecule has 3 aromatic rings. The van der Waals surface area contributed by atoms with Crippen molar-refractivity contribution in [1.29, 1.82) is 0 Å². The molecule has 3 nitrogen and oxygen atoms in total. The van der Waals surface area contributed by atoms with E-state index in [1.165, 1.54) is 62.6 Å².